The maximum Gasteiger partial charge on any atom is 0.282 e. The number of benzene rings is 4. The summed E-state index contributed by atoms with van der Waals surface area (Å²) in [5, 5.41) is 11.5. The monoisotopic (exact) mass is 467 g/mol. The lowest BCUT2D eigenvalue weighted by Gasteiger charge is -2.17. The van der Waals surface area contributed by atoms with E-state index in [1.807, 2.05) is 18.2 Å². The standard InChI is InChI=1S/C27H21N3O3S/c31-25(20-12-4-1-5-13-20)26-28-24-19-11-10-18-23(24)27(32)30(26)29-34(33,21-14-6-2-7-15-21)22-16-8-3-9-17-22/h1-19,25,31H/t25-/m0/s1. The van der Waals surface area contributed by atoms with Gasteiger partial charge >= 0.3 is 0 Å². The van der Waals surface area contributed by atoms with E-state index in [2.05, 4.69) is 9.46 Å². The zero-order chi connectivity index (χ0) is 23.5. The van der Waals surface area contributed by atoms with Crippen LogP contribution in [0.15, 0.2) is 134 Å². The topological polar surface area (TPSA) is 84.5 Å². The Balaban J connectivity index is 1.87. The van der Waals surface area contributed by atoms with Crippen molar-refractivity contribution < 1.29 is 9.32 Å². The summed E-state index contributed by atoms with van der Waals surface area (Å²) in [5.74, 6) is -0.00510. The molecule has 1 N–H and O–H groups in total. The molecule has 1 atom stereocenters. The van der Waals surface area contributed by atoms with Crippen LogP contribution in [-0.4, -0.2) is 19.0 Å². The highest BCUT2D eigenvalue weighted by atomic mass is 32.2. The fourth-order valence-electron chi connectivity index (χ4n) is 3.74. The number of aliphatic hydroxyl groups is 1. The van der Waals surface area contributed by atoms with Gasteiger partial charge in [0.05, 0.1) is 20.7 Å². The Morgan fingerprint density at radius 1 is 0.735 bits per heavy atom. The number of para-hydroxylation sites is 1. The van der Waals surface area contributed by atoms with Gasteiger partial charge in [0.1, 0.15) is 15.8 Å². The van der Waals surface area contributed by atoms with Crippen LogP contribution in [-0.2, 0) is 9.73 Å². The molecule has 1 aromatic heterocycles. The predicted octanol–water partition coefficient (Wildman–Crippen LogP) is 4.83. The molecular formula is C27H21N3O3S. The van der Waals surface area contributed by atoms with Crippen molar-refractivity contribution in [1.82, 2.24) is 9.66 Å². The summed E-state index contributed by atoms with van der Waals surface area (Å²) in [6.45, 7) is 0. The number of hydrogen-bond donors (Lipinski definition) is 1. The highest BCUT2D eigenvalue weighted by Gasteiger charge is 2.23. The smallest absolute Gasteiger partial charge is 0.282 e. The number of hydrogen-bond acceptors (Lipinski definition) is 5. The molecule has 0 bridgehead atoms. The summed E-state index contributed by atoms with van der Waals surface area (Å²) in [4.78, 5) is 19.1. The molecule has 5 rings (SSSR count). The third-order valence-electron chi connectivity index (χ3n) is 5.46. The molecule has 0 radical (unpaired) electrons. The minimum absolute atomic E-state index is 0.00510. The lowest BCUT2D eigenvalue weighted by molar-refractivity contribution is 0.204. The van der Waals surface area contributed by atoms with Gasteiger partial charge in [-0.25, -0.2) is 9.19 Å². The lowest BCUT2D eigenvalue weighted by Crippen LogP contribution is -2.26. The summed E-state index contributed by atoms with van der Waals surface area (Å²) in [5.41, 5.74) is 0.463. The van der Waals surface area contributed by atoms with Gasteiger partial charge in [-0.15, -0.1) is 4.47 Å². The van der Waals surface area contributed by atoms with Gasteiger partial charge in [-0.2, -0.15) is 4.68 Å². The molecule has 34 heavy (non-hydrogen) atoms. The number of nitrogens with zero attached hydrogens (tertiary/aromatic N) is 3. The molecule has 168 valence electrons. The van der Waals surface area contributed by atoms with Crippen LogP contribution in [0.4, 0.5) is 0 Å². The predicted molar refractivity (Wildman–Crippen MR) is 132 cm³/mol. The molecule has 0 amide bonds. The molecule has 6 nitrogen and oxygen atoms in total. The molecule has 0 aliphatic heterocycles. The normalized spacial score (nSPS) is 12.4. The first-order valence-electron chi connectivity index (χ1n) is 10.7. The van der Waals surface area contributed by atoms with E-state index in [4.69, 9.17) is 0 Å². The van der Waals surface area contributed by atoms with Crippen molar-refractivity contribution in [2.45, 2.75) is 15.9 Å². The van der Waals surface area contributed by atoms with E-state index >= 15 is 0 Å². The van der Waals surface area contributed by atoms with E-state index in [0.29, 0.717) is 26.3 Å². The summed E-state index contributed by atoms with van der Waals surface area (Å²) in [7, 11) is -3.29. The molecule has 1 heterocycles. The summed E-state index contributed by atoms with van der Waals surface area (Å²) in [6, 6.07) is 33.3. The van der Waals surface area contributed by atoms with Crippen LogP contribution in [0.25, 0.3) is 10.9 Å². The van der Waals surface area contributed by atoms with Crippen LogP contribution >= 0.6 is 0 Å². The van der Waals surface area contributed by atoms with Crippen molar-refractivity contribution in [3.63, 3.8) is 0 Å². The molecule has 0 unspecified atom stereocenters. The Morgan fingerprint density at radius 2 is 1.24 bits per heavy atom. The zero-order valence-corrected chi connectivity index (χ0v) is 18.9. The van der Waals surface area contributed by atoms with Gasteiger partial charge in [0.15, 0.2) is 5.82 Å². The minimum Gasteiger partial charge on any atom is -0.380 e. The lowest BCUT2D eigenvalue weighted by atomic mass is 10.1. The highest BCUT2D eigenvalue weighted by molar-refractivity contribution is 7.93. The molecule has 0 fully saturated rings. The van der Waals surface area contributed by atoms with Crippen molar-refractivity contribution in [3.8, 4) is 0 Å². The van der Waals surface area contributed by atoms with E-state index in [0.717, 1.165) is 4.68 Å². The highest BCUT2D eigenvalue weighted by Crippen LogP contribution is 2.26. The molecule has 0 saturated heterocycles. The first-order valence-corrected chi connectivity index (χ1v) is 12.2. The number of rotatable bonds is 5. The van der Waals surface area contributed by atoms with E-state index in [1.165, 1.54) is 0 Å². The van der Waals surface area contributed by atoms with Crippen molar-refractivity contribution in [2.24, 2.45) is 4.47 Å². The zero-order valence-electron chi connectivity index (χ0n) is 18.1. The quantitative estimate of drug-likeness (QED) is 0.401. The fraction of sp³-hybridized carbons (Fsp3) is 0.0370. The average Bonchev–Trinajstić information content (AvgIpc) is 2.91. The van der Waals surface area contributed by atoms with Crippen LogP contribution in [0.1, 0.15) is 17.5 Å². The molecule has 0 aliphatic rings. The van der Waals surface area contributed by atoms with E-state index < -0.39 is 21.4 Å². The second-order valence-electron chi connectivity index (χ2n) is 7.65. The third-order valence-corrected chi connectivity index (χ3v) is 7.68. The first-order chi connectivity index (χ1) is 16.6. The van der Waals surface area contributed by atoms with Gasteiger partial charge in [-0.05, 0) is 42.0 Å². The van der Waals surface area contributed by atoms with Gasteiger partial charge in [0, 0.05) is 0 Å². The molecular weight excluding hydrogens is 446 g/mol. The van der Waals surface area contributed by atoms with Crippen molar-refractivity contribution >= 4 is 20.6 Å². The first kappa shape index (κ1) is 21.8. The number of fused-ring (bicyclic) bond motifs is 1. The van der Waals surface area contributed by atoms with Gasteiger partial charge in [0.2, 0.25) is 0 Å². The Bertz CT molecular complexity index is 1580. The van der Waals surface area contributed by atoms with Crippen molar-refractivity contribution in [2.75, 3.05) is 0 Å². The maximum atomic E-state index is 14.5. The molecule has 0 aliphatic carbocycles. The minimum atomic E-state index is -3.29. The third kappa shape index (κ3) is 3.91. The largest absolute Gasteiger partial charge is 0.380 e. The molecule has 7 heteroatoms. The second-order valence-corrected chi connectivity index (χ2v) is 9.81. The van der Waals surface area contributed by atoms with E-state index in [-0.39, 0.29) is 5.82 Å². The van der Waals surface area contributed by atoms with Crippen LogP contribution in [0.2, 0.25) is 0 Å². The maximum absolute atomic E-state index is 14.5. The van der Waals surface area contributed by atoms with Crippen LogP contribution in [0.5, 0.6) is 0 Å². The van der Waals surface area contributed by atoms with Crippen LogP contribution in [0, 0.1) is 0 Å². The average molecular weight is 468 g/mol. The number of aromatic nitrogens is 2. The summed E-state index contributed by atoms with van der Waals surface area (Å²) < 4.78 is 20.1. The van der Waals surface area contributed by atoms with Crippen LogP contribution < -0.4 is 5.56 Å². The SMILES string of the molecule is O=c1c2ccccc2nc([C@@H](O)c2ccccc2)n1N=S(=O)(c1ccccc1)c1ccccc1. The number of aliphatic hydroxyl groups excluding tert-OH is 1. The Kier molecular flexibility index (Phi) is 5.79. The van der Waals surface area contributed by atoms with Crippen molar-refractivity contribution in [1.29, 1.82) is 0 Å². The molecule has 0 spiro atoms. The van der Waals surface area contributed by atoms with Crippen LogP contribution in [0.3, 0.4) is 0 Å². The van der Waals surface area contributed by atoms with Crippen molar-refractivity contribution in [3.05, 3.63) is 137 Å². The van der Waals surface area contributed by atoms with Gasteiger partial charge < -0.3 is 5.11 Å². The molecule has 4 aromatic carbocycles. The Morgan fingerprint density at radius 3 is 1.82 bits per heavy atom. The van der Waals surface area contributed by atoms with Gasteiger partial charge in [0.25, 0.3) is 5.56 Å². The second kappa shape index (κ2) is 9.05. The van der Waals surface area contributed by atoms with Gasteiger partial charge in [-0.3, -0.25) is 4.79 Å². The Hall–Kier alpha value is -4.07. The fourth-order valence-corrected chi connectivity index (χ4v) is 5.64. The summed E-state index contributed by atoms with van der Waals surface area (Å²) in [6.07, 6.45) is -1.25. The molecule has 5 aromatic rings. The summed E-state index contributed by atoms with van der Waals surface area (Å²) >= 11 is 0. The Labute approximate surface area is 197 Å². The van der Waals surface area contributed by atoms with Gasteiger partial charge in [-0.1, -0.05) is 78.9 Å². The van der Waals surface area contributed by atoms with E-state index in [9.17, 15) is 14.1 Å². The van der Waals surface area contributed by atoms with E-state index in [1.54, 1.807) is 97.1 Å². The molecule has 0 saturated carbocycles.